The first kappa shape index (κ1) is 16.2. The average molecular weight is 328 g/mol. The lowest BCUT2D eigenvalue weighted by atomic mass is 10.1. The van der Waals surface area contributed by atoms with Crippen LogP contribution in [0.4, 0.5) is 0 Å². The normalized spacial score (nSPS) is 15.0. The molecule has 23 heavy (non-hydrogen) atoms. The second-order valence-corrected chi connectivity index (χ2v) is 7.45. The highest BCUT2D eigenvalue weighted by Crippen LogP contribution is 2.70. The minimum Gasteiger partial charge on any atom is -0.308 e. The number of hydrogen-bond donors (Lipinski definition) is 0. The molecule has 4 heteroatoms. The Balaban J connectivity index is 2.03. The Labute approximate surface area is 137 Å². The average Bonchev–Trinajstić information content (AvgIpc) is 3.33. The van der Waals surface area contributed by atoms with E-state index < -0.39 is 7.60 Å². The van der Waals surface area contributed by atoms with Gasteiger partial charge in [0.05, 0.1) is 13.2 Å². The first-order valence-corrected chi connectivity index (χ1v) is 9.56. The fourth-order valence-corrected chi connectivity index (χ4v) is 5.16. The molecule has 3 rings (SSSR count). The Hall–Kier alpha value is -1.67. The SMILES string of the molecule is CCOP(=O)(OCC)C1C(c2ccccc2)=C1c1ccccc1. The van der Waals surface area contributed by atoms with Gasteiger partial charge < -0.3 is 9.05 Å². The van der Waals surface area contributed by atoms with Gasteiger partial charge >= 0.3 is 7.60 Å². The van der Waals surface area contributed by atoms with E-state index in [1.807, 2.05) is 74.5 Å². The molecule has 0 atom stereocenters. The number of benzene rings is 2. The van der Waals surface area contributed by atoms with Crippen molar-refractivity contribution in [3.05, 3.63) is 71.8 Å². The van der Waals surface area contributed by atoms with E-state index >= 15 is 0 Å². The summed E-state index contributed by atoms with van der Waals surface area (Å²) in [4.78, 5) is 0. The van der Waals surface area contributed by atoms with Crippen LogP contribution in [0.3, 0.4) is 0 Å². The zero-order valence-electron chi connectivity index (χ0n) is 13.4. The predicted octanol–water partition coefficient (Wildman–Crippen LogP) is 5.25. The number of hydrogen-bond acceptors (Lipinski definition) is 3. The van der Waals surface area contributed by atoms with Crippen LogP contribution < -0.4 is 0 Å². The van der Waals surface area contributed by atoms with Gasteiger partial charge in [-0.15, -0.1) is 0 Å². The van der Waals surface area contributed by atoms with Crippen molar-refractivity contribution in [2.45, 2.75) is 19.5 Å². The number of rotatable bonds is 7. The van der Waals surface area contributed by atoms with Gasteiger partial charge in [0.25, 0.3) is 0 Å². The Morgan fingerprint density at radius 1 is 0.783 bits per heavy atom. The van der Waals surface area contributed by atoms with Gasteiger partial charge in [-0.1, -0.05) is 60.7 Å². The summed E-state index contributed by atoms with van der Waals surface area (Å²) in [7, 11) is -3.20. The maximum absolute atomic E-state index is 13.3. The maximum Gasteiger partial charge on any atom is 0.342 e. The third kappa shape index (κ3) is 3.18. The topological polar surface area (TPSA) is 35.5 Å². The summed E-state index contributed by atoms with van der Waals surface area (Å²) in [6, 6.07) is 20.1. The maximum atomic E-state index is 13.3. The first-order chi connectivity index (χ1) is 11.2. The van der Waals surface area contributed by atoms with Gasteiger partial charge in [0, 0.05) is 0 Å². The van der Waals surface area contributed by atoms with Crippen LogP contribution in [0.5, 0.6) is 0 Å². The second kappa shape index (κ2) is 6.84. The highest BCUT2D eigenvalue weighted by atomic mass is 31.2. The summed E-state index contributed by atoms with van der Waals surface area (Å²) in [6.07, 6.45) is 0. The molecule has 0 aliphatic heterocycles. The molecule has 0 unspecified atom stereocenters. The molecule has 0 fully saturated rings. The van der Waals surface area contributed by atoms with E-state index in [1.54, 1.807) is 0 Å². The van der Waals surface area contributed by atoms with E-state index in [4.69, 9.17) is 9.05 Å². The van der Waals surface area contributed by atoms with Crippen molar-refractivity contribution >= 4 is 18.7 Å². The minimum atomic E-state index is -3.20. The quantitative estimate of drug-likeness (QED) is 0.652. The Morgan fingerprint density at radius 3 is 1.52 bits per heavy atom. The Morgan fingerprint density at radius 2 is 1.17 bits per heavy atom. The molecular formula is C19H21O3P. The van der Waals surface area contributed by atoms with E-state index in [2.05, 4.69) is 0 Å². The van der Waals surface area contributed by atoms with Crippen LogP contribution in [-0.2, 0) is 13.6 Å². The summed E-state index contributed by atoms with van der Waals surface area (Å²) in [5, 5.41) is 0. The zero-order valence-corrected chi connectivity index (χ0v) is 14.3. The molecule has 120 valence electrons. The molecule has 2 aromatic carbocycles. The van der Waals surface area contributed by atoms with Gasteiger partial charge in [-0.2, -0.15) is 0 Å². The summed E-state index contributed by atoms with van der Waals surface area (Å²) in [6.45, 7) is 4.44. The van der Waals surface area contributed by atoms with Gasteiger partial charge in [0.15, 0.2) is 0 Å². The van der Waals surface area contributed by atoms with E-state index in [0.717, 1.165) is 22.3 Å². The molecule has 0 radical (unpaired) electrons. The summed E-state index contributed by atoms with van der Waals surface area (Å²) in [5.41, 5.74) is 4.03. The third-order valence-corrected chi connectivity index (χ3v) is 6.24. The lowest BCUT2D eigenvalue weighted by Gasteiger charge is -2.18. The molecule has 1 aliphatic rings. The van der Waals surface area contributed by atoms with Crippen molar-refractivity contribution in [3.63, 3.8) is 0 Å². The Bertz CT molecular complexity index is 678. The fraction of sp³-hybridized carbons (Fsp3) is 0.263. The largest absolute Gasteiger partial charge is 0.342 e. The van der Waals surface area contributed by atoms with Gasteiger partial charge in [-0.05, 0) is 36.1 Å². The lowest BCUT2D eigenvalue weighted by Crippen LogP contribution is -2.04. The van der Waals surface area contributed by atoms with Crippen LogP contribution in [0.1, 0.15) is 25.0 Å². The van der Waals surface area contributed by atoms with Crippen molar-refractivity contribution in [2.75, 3.05) is 13.2 Å². The Kier molecular flexibility index (Phi) is 4.82. The van der Waals surface area contributed by atoms with Crippen LogP contribution in [0.25, 0.3) is 11.1 Å². The highest BCUT2D eigenvalue weighted by molar-refractivity contribution is 7.57. The van der Waals surface area contributed by atoms with E-state index in [9.17, 15) is 4.57 Å². The zero-order chi connectivity index (χ0) is 16.3. The summed E-state index contributed by atoms with van der Waals surface area (Å²) in [5.74, 6) is 0. The molecule has 0 spiro atoms. The van der Waals surface area contributed by atoms with Crippen molar-refractivity contribution in [2.24, 2.45) is 0 Å². The van der Waals surface area contributed by atoms with Gasteiger partial charge in [-0.25, -0.2) is 0 Å². The molecular weight excluding hydrogens is 307 g/mol. The van der Waals surface area contributed by atoms with Crippen molar-refractivity contribution in [3.8, 4) is 0 Å². The summed E-state index contributed by atoms with van der Waals surface area (Å²) >= 11 is 0. The first-order valence-electron chi connectivity index (χ1n) is 7.95. The highest BCUT2D eigenvalue weighted by Gasteiger charge is 2.52. The molecule has 3 nitrogen and oxygen atoms in total. The van der Waals surface area contributed by atoms with Gasteiger partial charge in [0.1, 0.15) is 5.66 Å². The van der Waals surface area contributed by atoms with Crippen LogP contribution in [0.15, 0.2) is 60.7 Å². The second-order valence-electron chi connectivity index (χ2n) is 5.34. The molecule has 0 aromatic heterocycles. The van der Waals surface area contributed by atoms with Crippen molar-refractivity contribution in [1.29, 1.82) is 0 Å². The van der Waals surface area contributed by atoms with Crippen LogP contribution in [0.2, 0.25) is 0 Å². The van der Waals surface area contributed by atoms with Crippen molar-refractivity contribution < 1.29 is 13.6 Å². The molecule has 2 aromatic rings. The molecule has 0 N–H and O–H groups in total. The number of allylic oxidation sites excluding steroid dienone is 2. The molecule has 0 saturated heterocycles. The van der Waals surface area contributed by atoms with E-state index in [-0.39, 0.29) is 5.66 Å². The van der Waals surface area contributed by atoms with Crippen molar-refractivity contribution in [1.82, 2.24) is 0 Å². The fourth-order valence-electron chi connectivity index (χ4n) is 2.93. The molecule has 0 bridgehead atoms. The standard InChI is InChI=1S/C19H21O3P/c1-3-21-23(20,22-4-2)19-17(15-11-7-5-8-12-15)18(19)16-13-9-6-10-14-16/h5-14,19H,3-4H2,1-2H3. The molecule has 0 saturated carbocycles. The van der Waals surface area contributed by atoms with E-state index in [0.29, 0.717) is 13.2 Å². The van der Waals surface area contributed by atoms with Crippen LogP contribution >= 0.6 is 7.60 Å². The molecule has 1 aliphatic carbocycles. The lowest BCUT2D eigenvalue weighted by molar-refractivity contribution is 0.221. The molecule has 0 heterocycles. The van der Waals surface area contributed by atoms with E-state index in [1.165, 1.54) is 0 Å². The minimum absolute atomic E-state index is 0.271. The van der Waals surface area contributed by atoms with Gasteiger partial charge in [0.2, 0.25) is 0 Å². The third-order valence-electron chi connectivity index (χ3n) is 3.86. The predicted molar refractivity (Wildman–Crippen MR) is 94.3 cm³/mol. The monoisotopic (exact) mass is 328 g/mol. The molecule has 0 amide bonds. The smallest absolute Gasteiger partial charge is 0.308 e. The summed E-state index contributed by atoms with van der Waals surface area (Å²) < 4.78 is 24.4. The van der Waals surface area contributed by atoms with Gasteiger partial charge in [-0.3, -0.25) is 4.57 Å². The van der Waals surface area contributed by atoms with Crippen LogP contribution in [-0.4, -0.2) is 18.9 Å². The van der Waals surface area contributed by atoms with Crippen LogP contribution in [0, 0.1) is 0 Å².